The smallest absolute Gasteiger partial charge is 0.213 e. The number of sulfonamides is 1. The van der Waals surface area contributed by atoms with E-state index in [2.05, 4.69) is 44.1 Å². The highest BCUT2D eigenvalue weighted by molar-refractivity contribution is 7.90. The van der Waals surface area contributed by atoms with Gasteiger partial charge in [0.2, 0.25) is 10.0 Å². The lowest BCUT2D eigenvalue weighted by Crippen LogP contribution is -2.46. The zero-order valence-electron chi connectivity index (χ0n) is 19.5. The molecule has 2 N–H and O–H groups in total. The Morgan fingerprint density at radius 1 is 0.903 bits per heavy atom. The molecule has 0 atom stereocenters. The molecule has 7 heteroatoms. The van der Waals surface area contributed by atoms with Crippen molar-refractivity contribution in [1.82, 2.24) is 9.62 Å². The lowest BCUT2D eigenvalue weighted by atomic mass is 9.99. The van der Waals surface area contributed by atoms with Crippen LogP contribution in [0.1, 0.15) is 65.2 Å². The molecule has 176 valence electrons. The van der Waals surface area contributed by atoms with Gasteiger partial charge in [0, 0.05) is 43.6 Å². The molecule has 1 aromatic carbocycles. The molecule has 2 saturated heterocycles. The van der Waals surface area contributed by atoms with Gasteiger partial charge < -0.3 is 15.1 Å². The Morgan fingerprint density at radius 2 is 1.55 bits per heavy atom. The van der Waals surface area contributed by atoms with E-state index in [1.807, 2.05) is 0 Å². The number of hydrogen-bond donors (Lipinski definition) is 2. The Labute approximate surface area is 189 Å². The van der Waals surface area contributed by atoms with Gasteiger partial charge in [-0.2, -0.15) is 0 Å². The first-order valence-electron chi connectivity index (χ1n) is 12.3. The molecule has 0 aliphatic carbocycles. The van der Waals surface area contributed by atoms with Gasteiger partial charge in [-0.1, -0.05) is 12.8 Å². The van der Waals surface area contributed by atoms with Crippen molar-refractivity contribution in [3.05, 3.63) is 24.3 Å². The van der Waals surface area contributed by atoms with Gasteiger partial charge in [0.05, 0.1) is 5.25 Å². The number of likely N-dealkylation sites (tertiary alicyclic amines) is 1. The predicted molar refractivity (Wildman–Crippen MR) is 132 cm³/mol. The second-order valence-corrected chi connectivity index (χ2v) is 11.7. The number of nitrogens with one attached hydrogen (secondary N) is 2. The molecule has 31 heavy (non-hydrogen) atoms. The number of nitrogens with zero attached hydrogens (tertiary/aromatic N) is 2. The SMILES string of the molecule is CC(C)S(=O)(=O)NCCCCCNc1ccc(N2CCC(N3CCCCC3)CC2)cc1. The van der Waals surface area contributed by atoms with Crippen LogP contribution in [-0.2, 0) is 10.0 Å². The topological polar surface area (TPSA) is 64.7 Å². The van der Waals surface area contributed by atoms with E-state index in [9.17, 15) is 8.42 Å². The molecule has 0 amide bonds. The van der Waals surface area contributed by atoms with Gasteiger partial charge in [0.1, 0.15) is 0 Å². The highest BCUT2D eigenvalue weighted by atomic mass is 32.2. The Hall–Kier alpha value is -1.31. The maximum Gasteiger partial charge on any atom is 0.213 e. The average molecular weight is 451 g/mol. The number of anilines is 2. The van der Waals surface area contributed by atoms with Crippen molar-refractivity contribution in [3.8, 4) is 0 Å². The minimum Gasteiger partial charge on any atom is -0.385 e. The van der Waals surface area contributed by atoms with Crippen molar-refractivity contribution in [2.75, 3.05) is 49.5 Å². The summed E-state index contributed by atoms with van der Waals surface area (Å²) in [4.78, 5) is 5.26. The number of rotatable bonds is 11. The maximum atomic E-state index is 11.7. The fourth-order valence-electron chi connectivity index (χ4n) is 4.60. The number of hydrogen-bond acceptors (Lipinski definition) is 5. The van der Waals surface area contributed by atoms with Crippen LogP contribution in [-0.4, -0.2) is 63.9 Å². The molecule has 3 rings (SSSR count). The van der Waals surface area contributed by atoms with Crippen LogP contribution in [0.15, 0.2) is 24.3 Å². The first-order chi connectivity index (χ1) is 15.0. The predicted octanol–water partition coefficient (Wildman–Crippen LogP) is 4.05. The monoisotopic (exact) mass is 450 g/mol. The molecule has 2 fully saturated rings. The first kappa shape index (κ1) is 24.3. The Balaban J connectivity index is 1.30. The molecule has 2 aliphatic rings. The summed E-state index contributed by atoms with van der Waals surface area (Å²) in [5, 5.41) is 3.12. The summed E-state index contributed by atoms with van der Waals surface area (Å²) >= 11 is 0. The maximum absolute atomic E-state index is 11.7. The fourth-order valence-corrected chi connectivity index (χ4v) is 5.37. The van der Waals surface area contributed by atoms with Crippen LogP contribution in [0, 0.1) is 0 Å². The van der Waals surface area contributed by atoms with E-state index in [0.29, 0.717) is 6.54 Å². The fraction of sp³-hybridized carbons (Fsp3) is 0.750. The summed E-state index contributed by atoms with van der Waals surface area (Å²) < 4.78 is 26.1. The van der Waals surface area contributed by atoms with Crippen molar-refractivity contribution in [2.45, 2.75) is 76.5 Å². The largest absolute Gasteiger partial charge is 0.385 e. The van der Waals surface area contributed by atoms with Crippen molar-refractivity contribution in [3.63, 3.8) is 0 Å². The van der Waals surface area contributed by atoms with Crippen LogP contribution < -0.4 is 14.9 Å². The van der Waals surface area contributed by atoms with Gasteiger partial charge in [-0.3, -0.25) is 0 Å². The van der Waals surface area contributed by atoms with Gasteiger partial charge in [0.25, 0.3) is 0 Å². The van der Waals surface area contributed by atoms with Crippen molar-refractivity contribution in [1.29, 1.82) is 0 Å². The molecule has 0 bridgehead atoms. The molecule has 0 radical (unpaired) electrons. The van der Waals surface area contributed by atoms with Gasteiger partial charge in [-0.05, 0) is 89.7 Å². The van der Waals surface area contributed by atoms with Gasteiger partial charge in [-0.25, -0.2) is 13.1 Å². The summed E-state index contributed by atoms with van der Waals surface area (Å²) in [6, 6.07) is 9.64. The van der Waals surface area contributed by atoms with Crippen molar-refractivity contribution in [2.24, 2.45) is 0 Å². The Morgan fingerprint density at radius 3 is 2.19 bits per heavy atom. The quantitative estimate of drug-likeness (QED) is 0.498. The Bertz CT molecular complexity index is 737. The molecule has 1 aromatic rings. The first-order valence-corrected chi connectivity index (χ1v) is 13.8. The molecule has 0 unspecified atom stereocenters. The number of piperidine rings is 2. The average Bonchev–Trinajstić information content (AvgIpc) is 2.79. The minimum absolute atomic E-state index is 0.363. The molecule has 0 spiro atoms. The zero-order chi connectivity index (χ0) is 22.1. The van der Waals surface area contributed by atoms with Crippen molar-refractivity contribution >= 4 is 21.4 Å². The van der Waals surface area contributed by atoms with Crippen LogP contribution >= 0.6 is 0 Å². The summed E-state index contributed by atoms with van der Waals surface area (Å²) in [6.07, 6.45) is 9.67. The molecule has 2 aliphatic heterocycles. The molecule has 0 aromatic heterocycles. The Kier molecular flexibility index (Phi) is 9.48. The third kappa shape index (κ3) is 7.65. The van der Waals surface area contributed by atoms with Gasteiger partial charge in [0.15, 0.2) is 0 Å². The summed E-state index contributed by atoms with van der Waals surface area (Å²) in [5.74, 6) is 0. The van der Waals surface area contributed by atoms with Gasteiger partial charge >= 0.3 is 0 Å². The van der Waals surface area contributed by atoms with Gasteiger partial charge in [-0.15, -0.1) is 0 Å². The third-order valence-corrected chi connectivity index (χ3v) is 8.56. The zero-order valence-corrected chi connectivity index (χ0v) is 20.3. The lowest BCUT2D eigenvalue weighted by Gasteiger charge is -2.41. The van der Waals surface area contributed by atoms with E-state index in [-0.39, 0.29) is 5.25 Å². The van der Waals surface area contributed by atoms with E-state index in [1.54, 1.807) is 13.8 Å². The normalized spacial score (nSPS) is 19.1. The van der Waals surface area contributed by atoms with Crippen molar-refractivity contribution < 1.29 is 8.42 Å². The summed E-state index contributed by atoms with van der Waals surface area (Å²) in [5.41, 5.74) is 2.49. The third-order valence-electron chi connectivity index (χ3n) is 6.71. The molecular formula is C24H42N4O2S. The van der Waals surface area contributed by atoms with E-state index < -0.39 is 10.0 Å². The molecule has 0 saturated carbocycles. The van der Waals surface area contributed by atoms with Crippen LogP contribution in [0.5, 0.6) is 0 Å². The van der Waals surface area contributed by atoms with E-state index in [1.165, 1.54) is 50.9 Å². The van der Waals surface area contributed by atoms with Crippen LogP contribution in [0.4, 0.5) is 11.4 Å². The molecule has 2 heterocycles. The standard InChI is InChI=1S/C24H42N4O2S/c1-21(2)31(29,30)26-16-6-3-5-15-25-22-9-11-23(12-10-22)28-19-13-24(14-20-28)27-17-7-4-8-18-27/h9-12,21,24-26H,3-8,13-20H2,1-2H3. The number of benzene rings is 1. The summed E-state index contributed by atoms with van der Waals surface area (Å²) in [7, 11) is -3.13. The van der Waals surface area contributed by atoms with E-state index >= 15 is 0 Å². The molecular weight excluding hydrogens is 408 g/mol. The lowest BCUT2D eigenvalue weighted by molar-refractivity contribution is 0.141. The number of unbranched alkanes of at least 4 members (excludes halogenated alkanes) is 2. The van der Waals surface area contributed by atoms with Crippen LogP contribution in [0.3, 0.4) is 0 Å². The van der Waals surface area contributed by atoms with E-state index in [0.717, 1.165) is 50.6 Å². The minimum atomic E-state index is -3.13. The highest BCUT2D eigenvalue weighted by Crippen LogP contribution is 2.25. The second kappa shape index (κ2) is 12.1. The highest BCUT2D eigenvalue weighted by Gasteiger charge is 2.25. The summed E-state index contributed by atoms with van der Waals surface area (Å²) in [6.45, 7) is 9.78. The molecule has 6 nitrogen and oxygen atoms in total. The van der Waals surface area contributed by atoms with E-state index in [4.69, 9.17) is 0 Å². The van der Waals surface area contributed by atoms with Crippen LogP contribution in [0.25, 0.3) is 0 Å². The van der Waals surface area contributed by atoms with Crippen LogP contribution in [0.2, 0.25) is 0 Å². The second-order valence-electron chi connectivity index (χ2n) is 9.34.